The molecule has 5 nitrogen and oxygen atoms in total. The second-order valence-corrected chi connectivity index (χ2v) is 5.77. The lowest BCUT2D eigenvalue weighted by molar-refractivity contribution is -0.115. The Balaban J connectivity index is 3.34. The molecule has 18 heavy (non-hydrogen) atoms. The van der Waals surface area contributed by atoms with E-state index in [1.54, 1.807) is 6.92 Å². The van der Waals surface area contributed by atoms with Gasteiger partial charge in [-0.1, -0.05) is 25.8 Å². The van der Waals surface area contributed by atoms with Crippen molar-refractivity contribution in [1.29, 1.82) is 0 Å². The van der Waals surface area contributed by atoms with Gasteiger partial charge >= 0.3 is 7.82 Å². The fourth-order valence-electron chi connectivity index (χ4n) is 1.36. The van der Waals surface area contributed by atoms with Gasteiger partial charge in [-0.2, -0.15) is 0 Å². The van der Waals surface area contributed by atoms with Crippen LogP contribution in [0.4, 0.5) is 0 Å². The minimum absolute atomic E-state index is 0.125. The van der Waals surface area contributed by atoms with Gasteiger partial charge in [0.2, 0.25) is 0 Å². The van der Waals surface area contributed by atoms with E-state index in [-0.39, 0.29) is 12.4 Å². The van der Waals surface area contributed by atoms with Crippen molar-refractivity contribution in [3.05, 3.63) is 12.2 Å². The van der Waals surface area contributed by atoms with Gasteiger partial charge in [0.05, 0.1) is 6.61 Å². The molecule has 0 aliphatic heterocycles. The Morgan fingerprint density at radius 1 is 1.22 bits per heavy atom. The molecule has 1 atom stereocenters. The minimum Gasteiger partial charge on any atom is -0.303 e. The van der Waals surface area contributed by atoms with E-state index in [1.807, 2.05) is 0 Å². The van der Waals surface area contributed by atoms with Gasteiger partial charge < -0.3 is 4.89 Å². The number of phosphoric ester groups is 1. The fourth-order valence-corrected chi connectivity index (χ4v) is 1.83. The van der Waals surface area contributed by atoms with Crippen molar-refractivity contribution >= 4 is 13.6 Å². The Hall–Kier alpha value is -0.480. The molecule has 0 saturated carbocycles. The molecule has 1 N–H and O–H groups in total. The summed E-state index contributed by atoms with van der Waals surface area (Å²) in [6, 6.07) is 0. The average Bonchev–Trinajstić information content (AvgIpc) is 2.32. The van der Waals surface area contributed by atoms with E-state index in [4.69, 9.17) is 4.89 Å². The highest BCUT2D eigenvalue weighted by Gasteiger charge is 2.17. The smallest absolute Gasteiger partial charge is 0.303 e. The van der Waals surface area contributed by atoms with Gasteiger partial charge in [-0.25, -0.2) is 4.57 Å². The van der Waals surface area contributed by atoms with Crippen molar-refractivity contribution in [2.75, 3.05) is 13.7 Å². The van der Waals surface area contributed by atoms with E-state index in [9.17, 15) is 9.36 Å². The topological polar surface area (TPSA) is 72.8 Å². The normalized spacial score (nSPS) is 14.2. The molecule has 0 aromatic carbocycles. The molecular weight excluding hydrogens is 255 g/mol. The number of hydrogen-bond acceptors (Lipinski definition) is 4. The lowest BCUT2D eigenvalue weighted by atomic mass is 10.1. The third kappa shape index (κ3) is 9.54. The number of carbonyl (C=O) groups is 1. The number of hydrogen-bond donors (Lipinski definition) is 1. The number of unbranched alkanes of at least 4 members (excludes halogenated alkanes) is 4. The van der Waals surface area contributed by atoms with Crippen LogP contribution < -0.4 is 0 Å². The van der Waals surface area contributed by atoms with Crippen LogP contribution in [0.15, 0.2) is 12.2 Å². The second-order valence-electron chi connectivity index (χ2n) is 4.21. The van der Waals surface area contributed by atoms with Crippen LogP contribution >= 0.6 is 7.82 Å². The Morgan fingerprint density at radius 3 is 2.33 bits per heavy atom. The molecular formula is C12H23O5P. The van der Waals surface area contributed by atoms with Gasteiger partial charge in [-0.05, 0) is 25.3 Å². The summed E-state index contributed by atoms with van der Waals surface area (Å²) >= 11 is 0. The maximum atomic E-state index is 11.2. The summed E-state index contributed by atoms with van der Waals surface area (Å²) in [6.07, 6.45) is 4.99. The van der Waals surface area contributed by atoms with E-state index in [0.717, 1.165) is 32.8 Å². The zero-order chi connectivity index (χ0) is 14.0. The first-order chi connectivity index (χ1) is 8.39. The van der Waals surface area contributed by atoms with E-state index < -0.39 is 7.82 Å². The van der Waals surface area contributed by atoms with E-state index >= 15 is 0 Å². The van der Waals surface area contributed by atoms with Gasteiger partial charge in [0, 0.05) is 13.5 Å². The molecule has 0 fully saturated rings. The number of phosphoric acid groups is 1. The Morgan fingerprint density at radius 2 is 1.78 bits per heavy atom. The minimum atomic E-state index is -3.81. The van der Waals surface area contributed by atoms with Crippen molar-refractivity contribution in [3.8, 4) is 0 Å². The van der Waals surface area contributed by atoms with Crippen molar-refractivity contribution < 1.29 is 23.3 Å². The summed E-state index contributed by atoms with van der Waals surface area (Å²) in [6.45, 7) is 5.54. The molecule has 106 valence electrons. The van der Waals surface area contributed by atoms with Crippen molar-refractivity contribution in [1.82, 2.24) is 0 Å². The molecule has 0 aromatic rings. The molecule has 0 amide bonds. The SMILES string of the molecule is C=C(C)C(=O)CCCCCCCOP(=O)(O)OC. The number of Topliss-reactive ketones (excluding diaryl/α,β-unsaturated/α-hetero) is 1. The molecule has 0 bridgehead atoms. The predicted molar refractivity (Wildman–Crippen MR) is 70.3 cm³/mol. The summed E-state index contributed by atoms with van der Waals surface area (Å²) in [5.74, 6) is 0.125. The molecule has 0 saturated heterocycles. The molecule has 0 rings (SSSR count). The quantitative estimate of drug-likeness (QED) is 0.357. The Bertz CT molecular complexity index is 314. The monoisotopic (exact) mass is 278 g/mol. The van der Waals surface area contributed by atoms with Gasteiger partial charge in [0.15, 0.2) is 5.78 Å². The predicted octanol–water partition coefficient (Wildman–Crippen LogP) is 3.24. The summed E-state index contributed by atoms with van der Waals surface area (Å²) in [4.78, 5) is 20.2. The second kappa shape index (κ2) is 9.45. The molecule has 0 heterocycles. The first-order valence-corrected chi connectivity index (χ1v) is 7.60. The number of rotatable bonds is 11. The third-order valence-electron chi connectivity index (χ3n) is 2.51. The van der Waals surface area contributed by atoms with Crippen LogP contribution in [-0.2, 0) is 18.4 Å². The molecule has 0 aromatic heterocycles. The summed E-state index contributed by atoms with van der Waals surface area (Å²) in [5.41, 5.74) is 0.613. The Labute approximate surface area is 109 Å². The molecule has 0 radical (unpaired) electrons. The first kappa shape index (κ1) is 17.5. The highest BCUT2D eigenvalue weighted by Crippen LogP contribution is 2.41. The number of carbonyl (C=O) groups excluding carboxylic acids is 1. The van der Waals surface area contributed by atoms with Crippen LogP contribution in [0, 0.1) is 0 Å². The molecule has 0 spiro atoms. The molecule has 0 aliphatic carbocycles. The highest BCUT2D eigenvalue weighted by molar-refractivity contribution is 7.47. The van der Waals surface area contributed by atoms with E-state index in [2.05, 4.69) is 15.6 Å². The van der Waals surface area contributed by atoms with Gasteiger partial charge in [0.1, 0.15) is 0 Å². The molecule has 6 heteroatoms. The van der Waals surface area contributed by atoms with E-state index in [1.165, 1.54) is 0 Å². The average molecular weight is 278 g/mol. The first-order valence-electron chi connectivity index (χ1n) is 6.11. The van der Waals surface area contributed by atoms with Crippen LogP contribution in [0.25, 0.3) is 0 Å². The van der Waals surface area contributed by atoms with Crippen LogP contribution in [-0.4, -0.2) is 24.4 Å². The zero-order valence-corrected chi connectivity index (χ0v) is 12.1. The maximum Gasteiger partial charge on any atom is 0.471 e. The van der Waals surface area contributed by atoms with Crippen LogP contribution in [0.2, 0.25) is 0 Å². The van der Waals surface area contributed by atoms with E-state index in [0.29, 0.717) is 18.4 Å². The van der Waals surface area contributed by atoms with Crippen LogP contribution in [0.1, 0.15) is 45.4 Å². The fraction of sp³-hybridized carbons (Fsp3) is 0.750. The number of ketones is 1. The van der Waals surface area contributed by atoms with Crippen LogP contribution in [0.3, 0.4) is 0 Å². The standard InChI is InChI=1S/C12H23O5P/c1-11(2)12(13)9-7-5-4-6-8-10-17-18(14,15)16-3/h1,4-10H2,2-3H3,(H,14,15). The van der Waals surface area contributed by atoms with Gasteiger partial charge in [-0.15, -0.1) is 0 Å². The lowest BCUT2D eigenvalue weighted by Gasteiger charge is -2.08. The summed E-state index contributed by atoms with van der Waals surface area (Å²) < 4.78 is 19.9. The molecule has 1 unspecified atom stereocenters. The van der Waals surface area contributed by atoms with Crippen molar-refractivity contribution in [3.63, 3.8) is 0 Å². The number of allylic oxidation sites excluding steroid dienone is 1. The largest absolute Gasteiger partial charge is 0.471 e. The van der Waals surface area contributed by atoms with Gasteiger partial charge in [0.25, 0.3) is 0 Å². The summed E-state index contributed by atoms with van der Waals surface area (Å²) in [5, 5.41) is 0. The van der Waals surface area contributed by atoms with Crippen LogP contribution in [0.5, 0.6) is 0 Å². The lowest BCUT2D eigenvalue weighted by Crippen LogP contribution is -1.98. The maximum absolute atomic E-state index is 11.2. The summed E-state index contributed by atoms with van der Waals surface area (Å²) in [7, 11) is -2.68. The van der Waals surface area contributed by atoms with Crippen molar-refractivity contribution in [2.45, 2.75) is 45.4 Å². The zero-order valence-electron chi connectivity index (χ0n) is 11.2. The van der Waals surface area contributed by atoms with Gasteiger partial charge in [-0.3, -0.25) is 13.8 Å². The third-order valence-corrected chi connectivity index (χ3v) is 3.48. The van der Waals surface area contributed by atoms with Crippen molar-refractivity contribution in [2.24, 2.45) is 0 Å². The Kier molecular flexibility index (Phi) is 9.20. The highest BCUT2D eigenvalue weighted by atomic mass is 31.2. The molecule has 0 aliphatic rings.